The van der Waals surface area contributed by atoms with E-state index in [2.05, 4.69) is 33.9 Å². The van der Waals surface area contributed by atoms with Gasteiger partial charge in [0.1, 0.15) is 0 Å². The number of nitrogens with two attached hydrogens (primary N) is 1. The number of aromatic nitrogens is 2. The van der Waals surface area contributed by atoms with Gasteiger partial charge in [-0.25, -0.2) is 4.98 Å². The number of guanidine groups is 1. The zero-order valence-electron chi connectivity index (χ0n) is 11.1. The van der Waals surface area contributed by atoms with Crippen LogP contribution in [0.4, 0.5) is 5.69 Å². The molecule has 1 aromatic carbocycles. The van der Waals surface area contributed by atoms with E-state index in [9.17, 15) is 0 Å². The topological polar surface area (TPSA) is 59.4 Å². The van der Waals surface area contributed by atoms with Crippen LogP contribution in [0.1, 0.15) is 17.3 Å². The highest BCUT2D eigenvalue weighted by Gasteiger charge is 2.31. The molecule has 5 heteroatoms. The zero-order chi connectivity index (χ0) is 13.4. The molecule has 2 heterocycles. The molecule has 0 fully saturated rings. The second-order valence-corrected chi connectivity index (χ2v) is 4.80. The molecule has 0 radical (unpaired) electrons. The molecule has 19 heavy (non-hydrogen) atoms. The number of benzene rings is 1. The molecule has 1 aliphatic heterocycles. The van der Waals surface area contributed by atoms with Crippen molar-refractivity contribution >= 4 is 11.6 Å². The van der Waals surface area contributed by atoms with Gasteiger partial charge in [-0.15, -0.1) is 0 Å². The molecule has 98 valence electrons. The SMILES string of the molecule is Cc1ccccc1N1C(N)=NCC1c1cncn1C. The van der Waals surface area contributed by atoms with E-state index in [1.807, 2.05) is 29.9 Å². The Morgan fingerprint density at radius 1 is 1.32 bits per heavy atom. The van der Waals surface area contributed by atoms with E-state index in [4.69, 9.17) is 5.73 Å². The van der Waals surface area contributed by atoms with Crippen molar-refractivity contribution in [2.45, 2.75) is 13.0 Å². The average Bonchev–Trinajstić information content (AvgIpc) is 2.96. The van der Waals surface area contributed by atoms with Gasteiger partial charge in [0.2, 0.25) is 0 Å². The Hall–Kier alpha value is -2.30. The summed E-state index contributed by atoms with van der Waals surface area (Å²) in [6.45, 7) is 2.75. The Balaban J connectivity index is 2.05. The van der Waals surface area contributed by atoms with Crippen molar-refractivity contribution in [3.63, 3.8) is 0 Å². The summed E-state index contributed by atoms with van der Waals surface area (Å²) in [5.74, 6) is 0.570. The molecular formula is C14H17N5. The molecule has 0 saturated carbocycles. The molecule has 0 aliphatic carbocycles. The smallest absolute Gasteiger partial charge is 0.196 e. The van der Waals surface area contributed by atoms with E-state index < -0.39 is 0 Å². The summed E-state index contributed by atoms with van der Waals surface area (Å²) in [4.78, 5) is 10.7. The molecule has 1 unspecified atom stereocenters. The Kier molecular flexibility index (Phi) is 2.74. The number of hydrogen-bond acceptors (Lipinski definition) is 4. The Morgan fingerprint density at radius 3 is 2.79 bits per heavy atom. The minimum Gasteiger partial charge on any atom is -0.369 e. The first kappa shape index (κ1) is 11.8. The van der Waals surface area contributed by atoms with Gasteiger partial charge in [-0.1, -0.05) is 18.2 Å². The first-order valence-electron chi connectivity index (χ1n) is 6.29. The third kappa shape index (κ3) is 1.87. The Labute approximate surface area is 112 Å². The van der Waals surface area contributed by atoms with Crippen LogP contribution < -0.4 is 10.6 Å². The molecule has 2 N–H and O–H groups in total. The molecule has 0 amide bonds. The third-order valence-electron chi connectivity index (χ3n) is 3.56. The first-order valence-corrected chi connectivity index (χ1v) is 6.29. The predicted octanol–water partition coefficient (Wildman–Crippen LogP) is 1.60. The molecular weight excluding hydrogens is 238 g/mol. The van der Waals surface area contributed by atoms with Crippen molar-refractivity contribution < 1.29 is 0 Å². The van der Waals surface area contributed by atoms with E-state index in [1.54, 1.807) is 6.33 Å². The fourth-order valence-electron chi connectivity index (χ4n) is 2.54. The second kappa shape index (κ2) is 4.42. The molecule has 1 aromatic heterocycles. The van der Waals surface area contributed by atoms with Crippen LogP contribution in [0.15, 0.2) is 41.8 Å². The molecule has 1 aliphatic rings. The van der Waals surface area contributed by atoms with Crippen molar-refractivity contribution in [1.82, 2.24) is 9.55 Å². The van der Waals surface area contributed by atoms with Gasteiger partial charge in [-0.2, -0.15) is 0 Å². The molecule has 5 nitrogen and oxygen atoms in total. The van der Waals surface area contributed by atoms with Gasteiger partial charge >= 0.3 is 0 Å². The minimum absolute atomic E-state index is 0.119. The highest BCUT2D eigenvalue weighted by Crippen LogP contribution is 2.32. The predicted molar refractivity (Wildman–Crippen MR) is 76.1 cm³/mol. The van der Waals surface area contributed by atoms with Crippen LogP contribution >= 0.6 is 0 Å². The molecule has 2 aromatic rings. The molecule has 1 atom stereocenters. The summed E-state index contributed by atoms with van der Waals surface area (Å²) in [6.07, 6.45) is 3.68. The number of aliphatic imine (C=N–C) groups is 1. The van der Waals surface area contributed by atoms with Crippen LogP contribution in [0.3, 0.4) is 0 Å². The lowest BCUT2D eigenvalue weighted by molar-refractivity contribution is 0.688. The number of anilines is 1. The lowest BCUT2D eigenvalue weighted by Gasteiger charge is -2.27. The van der Waals surface area contributed by atoms with Crippen molar-refractivity contribution in [3.05, 3.63) is 48.0 Å². The normalized spacial score (nSPS) is 18.7. The standard InChI is InChI=1S/C14H17N5/c1-10-5-3-4-6-11(10)19-13(8-17-14(19)15)12-7-16-9-18(12)2/h3-7,9,13H,8H2,1-2H3,(H2,15,17). The lowest BCUT2D eigenvalue weighted by atomic mass is 10.1. The summed E-state index contributed by atoms with van der Waals surface area (Å²) < 4.78 is 2.02. The zero-order valence-corrected chi connectivity index (χ0v) is 11.1. The monoisotopic (exact) mass is 255 g/mol. The van der Waals surface area contributed by atoms with Crippen molar-refractivity contribution in [1.29, 1.82) is 0 Å². The number of aryl methyl sites for hydroxylation is 2. The largest absolute Gasteiger partial charge is 0.369 e. The quantitative estimate of drug-likeness (QED) is 0.886. The Bertz CT molecular complexity index is 628. The van der Waals surface area contributed by atoms with Crippen LogP contribution in [0, 0.1) is 6.92 Å². The van der Waals surface area contributed by atoms with Crippen LogP contribution in [0.5, 0.6) is 0 Å². The maximum absolute atomic E-state index is 6.07. The van der Waals surface area contributed by atoms with Crippen molar-refractivity contribution in [2.24, 2.45) is 17.8 Å². The number of nitrogens with zero attached hydrogens (tertiary/aromatic N) is 4. The van der Waals surface area contributed by atoms with Crippen LogP contribution in [0.2, 0.25) is 0 Å². The van der Waals surface area contributed by atoms with Gasteiger partial charge in [0.05, 0.1) is 30.8 Å². The van der Waals surface area contributed by atoms with Gasteiger partial charge in [0, 0.05) is 12.7 Å². The summed E-state index contributed by atoms with van der Waals surface area (Å²) in [7, 11) is 1.99. The average molecular weight is 255 g/mol. The highest BCUT2D eigenvalue weighted by atomic mass is 15.3. The van der Waals surface area contributed by atoms with Crippen LogP contribution in [0.25, 0.3) is 0 Å². The van der Waals surface area contributed by atoms with Crippen molar-refractivity contribution in [2.75, 3.05) is 11.4 Å². The fourth-order valence-corrected chi connectivity index (χ4v) is 2.54. The third-order valence-corrected chi connectivity index (χ3v) is 3.56. The summed E-state index contributed by atoms with van der Waals surface area (Å²) in [5.41, 5.74) is 9.48. The highest BCUT2D eigenvalue weighted by molar-refractivity contribution is 5.98. The Morgan fingerprint density at radius 2 is 2.11 bits per heavy atom. The van der Waals surface area contributed by atoms with Gasteiger partial charge in [0.25, 0.3) is 0 Å². The summed E-state index contributed by atoms with van der Waals surface area (Å²) in [6, 6.07) is 8.33. The van der Waals surface area contributed by atoms with Gasteiger partial charge in [0.15, 0.2) is 5.96 Å². The molecule has 0 bridgehead atoms. The summed E-state index contributed by atoms with van der Waals surface area (Å²) >= 11 is 0. The maximum Gasteiger partial charge on any atom is 0.196 e. The van der Waals surface area contributed by atoms with Crippen LogP contribution in [-0.4, -0.2) is 22.1 Å². The van der Waals surface area contributed by atoms with Gasteiger partial charge < -0.3 is 15.2 Å². The van der Waals surface area contributed by atoms with E-state index in [0.717, 1.165) is 11.4 Å². The van der Waals surface area contributed by atoms with Crippen molar-refractivity contribution in [3.8, 4) is 0 Å². The lowest BCUT2D eigenvalue weighted by Crippen LogP contribution is -2.37. The van der Waals surface area contributed by atoms with Gasteiger partial charge in [-0.3, -0.25) is 4.99 Å². The van der Waals surface area contributed by atoms with Gasteiger partial charge in [-0.05, 0) is 18.6 Å². The van der Waals surface area contributed by atoms with E-state index >= 15 is 0 Å². The summed E-state index contributed by atoms with van der Waals surface area (Å²) in [5, 5.41) is 0. The minimum atomic E-state index is 0.119. The maximum atomic E-state index is 6.07. The second-order valence-electron chi connectivity index (χ2n) is 4.80. The number of imidazole rings is 1. The van der Waals surface area contributed by atoms with E-state index in [-0.39, 0.29) is 6.04 Å². The van der Waals surface area contributed by atoms with E-state index in [0.29, 0.717) is 12.5 Å². The molecule has 3 rings (SSSR count). The van der Waals surface area contributed by atoms with Crippen LogP contribution in [-0.2, 0) is 7.05 Å². The van der Waals surface area contributed by atoms with E-state index in [1.165, 1.54) is 5.56 Å². The number of para-hydroxylation sites is 1. The number of rotatable bonds is 2. The first-order chi connectivity index (χ1) is 9.18. The number of hydrogen-bond donors (Lipinski definition) is 1. The molecule has 0 saturated heterocycles. The molecule has 0 spiro atoms. The fraction of sp³-hybridized carbons (Fsp3) is 0.286.